The number of methoxy groups -OCH3 is 1. The van der Waals surface area contributed by atoms with Crippen molar-refractivity contribution in [2.75, 3.05) is 20.2 Å². The van der Waals surface area contributed by atoms with Crippen LogP contribution in [0.5, 0.6) is 0 Å². The number of likely N-dealkylation sites (tertiary alicyclic amines) is 1. The van der Waals surface area contributed by atoms with Gasteiger partial charge in [-0.1, -0.05) is 13.8 Å². The Kier molecular flexibility index (Phi) is 3.88. The molecule has 5 atom stereocenters. The molecule has 94 valence electrons. The molecule has 1 saturated heterocycles. The summed E-state index contributed by atoms with van der Waals surface area (Å²) in [6.07, 6.45) is 4.11. The van der Waals surface area contributed by atoms with Crippen LogP contribution >= 0.6 is 0 Å². The predicted molar refractivity (Wildman–Crippen MR) is 66.3 cm³/mol. The fourth-order valence-corrected chi connectivity index (χ4v) is 3.74. The summed E-state index contributed by atoms with van der Waals surface area (Å²) in [6, 6.07) is 0.936. The highest BCUT2D eigenvalue weighted by Gasteiger charge is 2.38. The highest BCUT2D eigenvalue weighted by atomic mass is 16.5. The standard InChI is InChI=1S/C13H26N2O/c1-9-6-10(2)13(12(14)7-9)15-5-4-11(8-15)16-3/h9-13H,4-8,14H2,1-3H3. The third-order valence-corrected chi connectivity index (χ3v) is 4.40. The number of rotatable bonds is 2. The van der Waals surface area contributed by atoms with Crippen molar-refractivity contribution in [1.82, 2.24) is 4.90 Å². The predicted octanol–water partition coefficient (Wildman–Crippen LogP) is 1.47. The lowest BCUT2D eigenvalue weighted by molar-refractivity contribution is 0.0653. The first kappa shape index (κ1) is 12.3. The molecule has 1 heterocycles. The van der Waals surface area contributed by atoms with Gasteiger partial charge in [0.2, 0.25) is 0 Å². The number of hydrogen-bond acceptors (Lipinski definition) is 3. The van der Waals surface area contributed by atoms with Crippen LogP contribution in [0, 0.1) is 11.8 Å². The molecule has 2 rings (SSSR count). The number of nitrogens with two attached hydrogens (primary N) is 1. The number of ether oxygens (including phenoxy) is 1. The average molecular weight is 226 g/mol. The Bertz CT molecular complexity index is 222. The van der Waals surface area contributed by atoms with Gasteiger partial charge < -0.3 is 10.5 Å². The fourth-order valence-electron chi connectivity index (χ4n) is 3.74. The van der Waals surface area contributed by atoms with E-state index in [1.54, 1.807) is 0 Å². The van der Waals surface area contributed by atoms with Gasteiger partial charge in [-0.2, -0.15) is 0 Å². The Morgan fingerprint density at radius 1 is 1.25 bits per heavy atom. The molecule has 0 aromatic carbocycles. The van der Waals surface area contributed by atoms with Crippen molar-refractivity contribution in [1.29, 1.82) is 0 Å². The highest BCUT2D eigenvalue weighted by molar-refractivity contribution is 4.95. The molecule has 16 heavy (non-hydrogen) atoms. The molecule has 0 radical (unpaired) electrons. The van der Waals surface area contributed by atoms with Gasteiger partial charge in [-0.05, 0) is 31.1 Å². The molecule has 0 spiro atoms. The van der Waals surface area contributed by atoms with Gasteiger partial charge in [-0.15, -0.1) is 0 Å². The van der Waals surface area contributed by atoms with Crippen molar-refractivity contribution in [2.45, 2.75) is 51.3 Å². The lowest BCUT2D eigenvalue weighted by Gasteiger charge is -2.43. The molecule has 2 fully saturated rings. The molecule has 2 N–H and O–H groups in total. The normalized spacial score (nSPS) is 46.1. The summed E-state index contributed by atoms with van der Waals surface area (Å²) >= 11 is 0. The molecule has 3 nitrogen and oxygen atoms in total. The summed E-state index contributed by atoms with van der Waals surface area (Å²) < 4.78 is 5.44. The molecule has 1 aliphatic carbocycles. The molecule has 1 saturated carbocycles. The molecule has 3 heteroatoms. The van der Waals surface area contributed by atoms with Crippen LogP contribution in [-0.2, 0) is 4.74 Å². The quantitative estimate of drug-likeness (QED) is 0.775. The molecule has 5 unspecified atom stereocenters. The van der Waals surface area contributed by atoms with E-state index in [-0.39, 0.29) is 0 Å². The number of nitrogens with zero attached hydrogens (tertiary/aromatic N) is 1. The van der Waals surface area contributed by atoms with E-state index >= 15 is 0 Å². The average Bonchev–Trinajstić information content (AvgIpc) is 2.64. The zero-order valence-electron chi connectivity index (χ0n) is 10.9. The second-order valence-corrected chi connectivity index (χ2v) is 5.85. The van der Waals surface area contributed by atoms with Gasteiger partial charge in [0.25, 0.3) is 0 Å². The SMILES string of the molecule is COC1CCN(C2C(C)CC(C)CC2N)C1. The van der Waals surface area contributed by atoms with Crippen LogP contribution in [0.15, 0.2) is 0 Å². The van der Waals surface area contributed by atoms with Crippen LogP contribution in [0.3, 0.4) is 0 Å². The van der Waals surface area contributed by atoms with Crippen molar-refractivity contribution < 1.29 is 4.74 Å². The summed E-state index contributed by atoms with van der Waals surface area (Å²) in [5.74, 6) is 1.52. The lowest BCUT2D eigenvalue weighted by atomic mass is 9.76. The topological polar surface area (TPSA) is 38.5 Å². The van der Waals surface area contributed by atoms with E-state index < -0.39 is 0 Å². The minimum Gasteiger partial charge on any atom is -0.380 e. The van der Waals surface area contributed by atoms with Crippen LogP contribution < -0.4 is 5.73 Å². The largest absolute Gasteiger partial charge is 0.380 e. The second kappa shape index (κ2) is 5.03. The van der Waals surface area contributed by atoms with Crippen molar-refractivity contribution in [3.8, 4) is 0 Å². The first-order valence-electron chi connectivity index (χ1n) is 6.64. The first-order valence-corrected chi connectivity index (χ1v) is 6.64. The lowest BCUT2D eigenvalue weighted by Crippen LogP contribution is -2.54. The Hall–Kier alpha value is -0.120. The molecular weight excluding hydrogens is 200 g/mol. The van der Waals surface area contributed by atoms with Gasteiger partial charge in [0.05, 0.1) is 6.10 Å². The van der Waals surface area contributed by atoms with Gasteiger partial charge in [-0.25, -0.2) is 0 Å². The van der Waals surface area contributed by atoms with Crippen LogP contribution in [0.4, 0.5) is 0 Å². The minimum atomic E-state index is 0.356. The summed E-state index contributed by atoms with van der Waals surface area (Å²) in [7, 11) is 1.82. The fraction of sp³-hybridized carbons (Fsp3) is 1.00. The Morgan fingerprint density at radius 2 is 2.00 bits per heavy atom. The highest BCUT2D eigenvalue weighted by Crippen LogP contribution is 2.33. The van der Waals surface area contributed by atoms with E-state index in [0.29, 0.717) is 18.2 Å². The second-order valence-electron chi connectivity index (χ2n) is 5.85. The van der Waals surface area contributed by atoms with E-state index in [4.69, 9.17) is 10.5 Å². The maximum Gasteiger partial charge on any atom is 0.0710 e. The molecule has 0 aromatic rings. The van der Waals surface area contributed by atoms with E-state index in [2.05, 4.69) is 18.7 Å². The summed E-state index contributed by atoms with van der Waals surface area (Å²) in [4.78, 5) is 2.56. The Labute approximate surface area is 99.3 Å². The van der Waals surface area contributed by atoms with Gasteiger partial charge in [0.15, 0.2) is 0 Å². The third-order valence-electron chi connectivity index (χ3n) is 4.40. The van der Waals surface area contributed by atoms with Crippen LogP contribution in [0.25, 0.3) is 0 Å². The monoisotopic (exact) mass is 226 g/mol. The van der Waals surface area contributed by atoms with E-state index in [9.17, 15) is 0 Å². The molecule has 0 aromatic heterocycles. The Balaban J connectivity index is 1.97. The van der Waals surface area contributed by atoms with Crippen LogP contribution in [0.1, 0.15) is 33.1 Å². The molecule has 0 amide bonds. The van der Waals surface area contributed by atoms with Crippen molar-refractivity contribution in [3.05, 3.63) is 0 Å². The molecular formula is C13H26N2O. The number of hydrogen-bond donors (Lipinski definition) is 1. The van der Waals surface area contributed by atoms with Gasteiger partial charge >= 0.3 is 0 Å². The van der Waals surface area contributed by atoms with E-state index in [0.717, 1.165) is 24.9 Å². The third kappa shape index (κ3) is 2.41. The Morgan fingerprint density at radius 3 is 2.56 bits per heavy atom. The zero-order valence-corrected chi connectivity index (χ0v) is 10.9. The summed E-state index contributed by atoms with van der Waals surface area (Å²) in [6.45, 7) is 6.93. The van der Waals surface area contributed by atoms with Gasteiger partial charge in [-0.3, -0.25) is 4.90 Å². The summed E-state index contributed by atoms with van der Waals surface area (Å²) in [5, 5.41) is 0. The van der Waals surface area contributed by atoms with E-state index in [1.165, 1.54) is 19.3 Å². The minimum absolute atomic E-state index is 0.356. The van der Waals surface area contributed by atoms with E-state index in [1.807, 2.05) is 7.11 Å². The maximum absolute atomic E-state index is 6.34. The van der Waals surface area contributed by atoms with Crippen molar-refractivity contribution >= 4 is 0 Å². The van der Waals surface area contributed by atoms with Crippen molar-refractivity contribution in [3.63, 3.8) is 0 Å². The molecule has 1 aliphatic heterocycles. The zero-order chi connectivity index (χ0) is 11.7. The van der Waals surface area contributed by atoms with Gasteiger partial charge in [0, 0.05) is 32.3 Å². The maximum atomic E-state index is 6.34. The van der Waals surface area contributed by atoms with Crippen molar-refractivity contribution in [2.24, 2.45) is 17.6 Å². The van der Waals surface area contributed by atoms with Crippen LogP contribution in [-0.4, -0.2) is 43.3 Å². The smallest absolute Gasteiger partial charge is 0.0710 e. The first-order chi connectivity index (χ1) is 7.61. The van der Waals surface area contributed by atoms with Crippen LogP contribution in [0.2, 0.25) is 0 Å². The molecule has 2 aliphatic rings. The van der Waals surface area contributed by atoms with Gasteiger partial charge in [0.1, 0.15) is 0 Å². The summed E-state index contributed by atoms with van der Waals surface area (Å²) in [5.41, 5.74) is 6.34. The molecule has 0 bridgehead atoms.